The molecule has 0 atom stereocenters. The molecule has 0 unspecified atom stereocenters. The third-order valence-electron chi connectivity index (χ3n) is 4.13. The van der Waals surface area contributed by atoms with Crippen molar-refractivity contribution in [1.82, 2.24) is 4.98 Å². The van der Waals surface area contributed by atoms with Gasteiger partial charge in [0.15, 0.2) is 11.6 Å². The number of hydrogen-bond donors (Lipinski definition) is 1. The van der Waals surface area contributed by atoms with Gasteiger partial charge in [0.2, 0.25) is 0 Å². The second-order valence-corrected chi connectivity index (χ2v) is 5.72. The van der Waals surface area contributed by atoms with Gasteiger partial charge in [-0.05, 0) is 24.3 Å². The van der Waals surface area contributed by atoms with E-state index in [4.69, 9.17) is 0 Å². The van der Waals surface area contributed by atoms with E-state index in [0.717, 1.165) is 0 Å². The summed E-state index contributed by atoms with van der Waals surface area (Å²) in [4.78, 5) is 31.5. The lowest BCUT2D eigenvalue weighted by molar-refractivity contribution is 0.0938. The molecule has 0 radical (unpaired) electrons. The Morgan fingerprint density at radius 3 is 2.56 bits per heavy atom. The van der Waals surface area contributed by atoms with Crippen molar-refractivity contribution in [1.29, 1.82) is 0 Å². The fourth-order valence-corrected chi connectivity index (χ4v) is 2.89. The quantitative estimate of drug-likeness (QED) is 0.745. The zero-order valence-electron chi connectivity index (χ0n) is 13.3. The molecule has 5 nitrogen and oxygen atoms in total. The van der Waals surface area contributed by atoms with Crippen molar-refractivity contribution in [3.05, 3.63) is 84.1 Å². The molecule has 0 spiro atoms. The summed E-state index contributed by atoms with van der Waals surface area (Å²) in [5.74, 6) is 0.212. The van der Waals surface area contributed by atoms with Gasteiger partial charge < -0.3 is 5.32 Å². The van der Waals surface area contributed by atoms with Gasteiger partial charge in [-0.1, -0.05) is 42.5 Å². The van der Waals surface area contributed by atoms with Gasteiger partial charge in [0.1, 0.15) is 0 Å². The number of anilines is 3. The van der Waals surface area contributed by atoms with Crippen molar-refractivity contribution >= 4 is 28.9 Å². The predicted molar refractivity (Wildman–Crippen MR) is 96.4 cm³/mol. The number of pyridine rings is 1. The van der Waals surface area contributed by atoms with Gasteiger partial charge >= 0.3 is 0 Å². The Labute approximate surface area is 144 Å². The van der Waals surface area contributed by atoms with E-state index in [9.17, 15) is 9.59 Å². The van der Waals surface area contributed by atoms with Crippen molar-refractivity contribution in [2.24, 2.45) is 0 Å². The first-order valence-electron chi connectivity index (χ1n) is 7.95. The fourth-order valence-electron chi connectivity index (χ4n) is 2.89. The summed E-state index contributed by atoms with van der Waals surface area (Å²) in [5.41, 5.74) is 2.36. The molecule has 3 aromatic rings. The lowest BCUT2D eigenvalue weighted by Crippen LogP contribution is -2.35. The molecule has 1 amide bonds. The van der Waals surface area contributed by atoms with Crippen LogP contribution in [0, 0.1) is 0 Å². The molecule has 1 aromatic heterocycles. The molecular weight excluding hydrogens is 314 g/mol. The molecule has 0 bridgehead atoms. The number of Topliss-reactive ketones (excluding diaryl/α,β-unsaturated/α-hetero) is 1. The zero-order valence-corrected chi connectivity index (χ0v) is 13.3. The minimum Gasteiger partial charge on any atom is -0.338 e. The Morgan fingerprint density at radius 1 is 0.960 bits per heavy atom. The molecule has 1 N–H and O–H groups in total. The number of para-hydroxylation sites is 1. The average Bonchev–Trinajstić information content (AvgIpc) is 2.78. The maximum atomic E-state index is 13.1. The van der Waals surface area contributed by atoms with Crippen LogP contribution in [-0.2, 0) is 0 Å². The fraction of sp³-hybridized carbons (Fsp3) is 0.0500. The van der Waals surface area contributed by atoms with Crippen LogP contribution in [0.2, 0.25) is 0 Å². The van der Waals surface area contributed by atoms with Crippen LogP contribution >= 0.6 is 0 Å². The zero-order chi connectivity index (χ0) is 17.2. The maximum absolute atomic E-state index is 13.1. The molecule has 25 heavy (non-hydrogen) atoms. The number of benzene rings is 2. The van der Waals surface area contributed by atoms with Gasteiger partial charge in [-0.15, -0.1) is 0 Å². The van der Waals surface area contributed by atoms with Crippen LogP contribution in [0.25, 0.3) is 0 Å². The molecule has 0 fully saturated rings. The van der Waals surface area contributed by atoms with Gasteiger partial charge in [-0.25, -0.2) is 4.98 Å². The first-order chi connectivity index (χ1) is 12.2. The molecule has 5 heteroatoms. The number of aromatic nitrogens is 1. The van der Waals surface area contributed by atoms with Crippen molar-refractivity contribution < 1.29 is 9.59 Å². The molecule has 1 aliphatic heterocycles. The monoisotopic (exact) mass is 329 g/mol. The first-order valence-corrected chi connectivity index (χ1v) is 7.95. The molecule has 122 valence electrons. The third-order valence-corrected chi connectivity index (χ3v) is 4.13. The number of carbonyl (C=O) groups is 2. The summed E-state index contributed by atoms with van der Waals surface area (Å²) in [6, 6.07) is 19.8. The van der Waals surface area contributed by atoms with Crippen LogP contribution in [0.4, 0.5) is 17.2 Å². The Hall–Kier alpha value is -3.47. The van der Waals surface area contributed by atoms with Crippen LogP contribution < -0.4 is 10.2 Å². The molecule has 0 aliphatic carbocycles. The summed E-state index contributed by atoms with van der Waals surface area (Å²) in [7, 11) is 0. The van der Waals surface area contributed by atoms with Crippen LogP contribution in [0.1, 0.15) is 20.7 Å². The van der Waals surface area contributed by atoms with Gasteiger partial charge in [-0.2, -0.15) is 0 Å². The van der Waals surface area contributed by atoms with E-state index in [-0.39, 0.29) is 18.2 Å². The average molecular weight is 329 g/mol. The predicted octanol–water partition coefficient (Wildman–Crippen LogP) is 3.67. The SMILES string of the molecule is O=C(CN1C(=O)c2ccccc2Nc2ncccc21)c1ccccc1. The van der Waals surface area contributed by atoms with Crippen molar-refractivity contribution in [3.8, 4) is 0 Å². The minimum absolute atomic E-state index is 0.0441. The van der Waals surface area contributed by atoms with E-state index < -0.39 is 0 Å². The highest BCUT2D eigenvalue weighted by Crippen LogP contribution is 2.33. The number of carbonyl (C=O) groups excluding carboxylic acids is 2. The van der Waals surface area contributed by atoms with Crippen LogP contribution in [0.3, 0.4) is 0 Å². The smallest absolute Gasteiger partial charge is 0.260 e. The van der Waals surface area contributed by atoms with Gasteiger partial charge in [0.05, 0.1) is 23.5 Å². The van der Waals surface area contributed by atoms with Gasteiger partial charge in [0.25, 0.3) is 5.91 Å². The van der Waals surface area contributed by atoms with E-state index in [1.807, 2.05) is 30.3 Å². The summed E-state index contributed by atoms with van der Waals surface area (Å²) in [5, 5.41) is 3.19. The molecule has 2 aromatic carbocycles. The number of amides is 1. The van der Waals surface area contributed by atoms with E-state index in [0.29, 0.717) is 28.3 Å². The molecular formula is C20H15N3O2. The van der Waals surface area contributed by atoms with Crippen molar-refractivity contribution in [3.63, 3.8) is 0 Å². The normalized spacial score (nSPS) is 12.6. The number of rotatable bonds is 3. The lowest BCUT2D eigenvalue weighted by Gasteiger charge is -2.21. The highest BCUT2D eigenvalue weighted by molar-refractivity contribution is 6.16. The van der Waals surface area contributed by atoms with Crippen molar-refractivity contribution in [2.75, 3.05) is 16.8 Å². The Kier molecular flexibility index (Phi) is 3.74. The number of fused-ring (bicyclic) bond motifs is 2. The van der Waals surface area contributed by atoms with E-state index in [1.165, 1.54) is 4.90 Å². The number of nitrogens with one attached hydrogen (secondary N) is 1. The third kappa shape index (κ3) is 2.76. The molecule has 0 saturated heterocycles. The van der Waals surface area contributed by atoms with Gasteiger partial charge in [-0.3, -0.25) is 14.5 Å². The van der Waals surface area contributed by atoms with E-state index in [1.54, 1.807) is 42.6 Å². The second kappa shape index (κ2) is 6.20. The maximum Gasteiger partial charge on any atom is 0.260 e. The van der Waals surface area contributed by atoms with E-state index in [2.05, 4.69) is 10.3 Å². The standard InChI is InChI=1S/C20H15N3O2/c24-18(14-7-2-1-3-8-14)13-23-17-11-6-12-21-19(17)22-16-10-5-4-9-15(16)20(23)25/h1-12H,13H2,(H,21,22). The Morgan fingerprint density at radius 2 is 1.72 bits per heavy atom. The summed E-state index contributed by atoms with van der Waals surface area (Å²) < 4.78 is 0. The highest BCUT2D eigenvalue weighted by atomic mass is 16.2. The molecule has 2 heterocycles. The van der Waals surface area contributed by atoms with Gasteiger partial charge in [0, 0.05) is 11.8 Å². The van der Waals surface area contributed by atoms with E-state index >= 15 is 0 Å². The molecule has 0 saturated carbocycles. The number of hydrogen-bond acceptors (Lipinski definition) is 4. The summed E-state index contributed by atoms with van der Waals surface area (Å²) in [6.07, 6.45) is 1.65. The van der Waals surface area contributed by atoms with Crippen molar-refractivity contribution in [2.45, 2.75) is 0 Å². The van der Waals surface area contributed by atoms with Crippen LogP contribution in [0.15, 0.2) is 72.9 Å². The Bertz CT molecular complexity index is 954. The van der Waals surface area contributed by atoms with Crippen LogP contribution in [0.5, 0.6) is 0 Å². The minimum atomic E-state index is -0.223. The lowest BCUT2D eigenvalue weighted by atomic mass is 10.1. The molecule has 1 aliphatic rings. The number of nitrogens with zero attached hydrogens (tertiary/aromatic N) is 2. The summed E-state index contributed by atoms with van der Waals surface area (Å²) >= 11 is 0. The first kappa shape index (κ1) is 15.1. The highest BCUT2D eigenvalue weighted by Gasteiger charge is 2.28. The summed E-state index contributed by atoms with van der Waals surface area (Å²) in [6.45, 7) is -0.0441. The second-order valence-electron chi connectivity index (χ2n) is 5.72. The van der Waals surface area contributed by atoms with Crippen LogP contribution in [-0.4, -0.2) is 23.2 Å². The Balaban J connectivity index is 1.77. The molecule has 4 rings (SSSR count). The number of ketones is 1. The topological polar surface area (TPSA) is 62.3 Å². The largest absolute Gasteiger partial charge is 0.338 e.